The molecule has 0 amide bonds. The van der Waals surface area contributed by atoms with Gasteiger partial charge in [0.2, 0.25) is 0 Å². The molecule has 0 bridgehead atoms. The highest BCUT2D eigenvalue weighted by Gasteiger charge is 2.34. The monoisotopic (exact) mass is 259 g/mol. The van der Waals surface area contributed by atoms with Crippen LogP contribution < -0.4 is 5.32 Å². The molecule has 0 unspecified atom stereocenters. The van der Waals surface area contributed by atoms with Gasteiger partial charge in [0.05, 0.1) is 5.60 Å². The van der Waals surface area contributed by atoms with Crippen molar-refractivity contribution in [2.75, 3.05) is 13.1 Å². The van der Waals surface area contributed by atoms with E-state index in [-0.39, 0.29) is 5.82 Å². The van der Waals surface area contributed by atoms with E-state index in [2.05, 4.69) is 21.2 Å². The summed E-state index contributed by atoms with van der Waals surface area (Å²) in [5.41, 5.74) is -0.204. The molecule has 1 saturated heterocycles. The molecule has 4 heteroatoms. The van der Waals surface area contributed by atoms with E-state index in [1.807, 2.05) is 0 Å². The largest absolute Gasteiger partial charge is 0.387 e. The maximum Gasteiger partial charge on any atom is 0.126 e. The smallest absolute Gasteiger partial charge is 0.126 e. The topological polar surface area (TPSA) is 32.3 Å². The zero-order valence-corrected chi connectivity index (χ0v) is 9.14. The molecule has 2 rings (SSSR count). The molecule has 1 heterocycles. The van der Waals surface area contributed by atoms with Crippen molar-refractivity contribution in [1.29, 1.82) is 0 Å². The Morgan fingerprint density at radius 2 is 2.21 bits per heavy atom. The van der Waals surface area contributed by atoms with Crippen molar-refractivity contribution in [3.8, 4) is 0 Å². The fraction of sp³-hybridized carbons (Fsp3) is 0.400. The minimum Gasteiger partial charge on any atom is -0.387 e. The normalized spacial score (nSPS) is 19.1. The molecule has 1 aliphatic heterocycles. The van der Waals surface area contributed by atoms with Crippen LogP contribution in [-0.4, -0.2) is 23.8 Å². The second-order valence-electron chi connectivity index (χ2n) is 3.74. The van der Waals surface area contributed by atoms with E-state index < -0.39 is 5.60 Å². The molecule has 14 heavy (non-hydrogen) atoms. The van der Waals surface area contributed by atoms with Gasteiger partial charge >= 0.3 is 0 Å². The SMILES string of the molecule is OC1(Cc2cc(Br)ccc2F)CNC1. The highest BCUT2D eigenvalue weighted by Crippen LogP contribution is 2.22. The van der Waals surface area contributed by atoms with Crippen LogP contribution in [-0.2, 0) is 6.42 Å². The zero-order valence-electron chi connectivity index (χ0n) is 7.56. The second-order valence-corrected chi connectivity index (χ2v) is 4.66. The summed E-state index contributed by atoms with van der Waals surface area (Å²) in [6.45, 7) is 1.08. The minimum absolute atomic E-state index is 0.256. The summed E-state index contributed by atoms with van der Waals surface area (Å²) in [4.78, 5) is 0. The summed E-state index contributed by atoms with van der Waals surface area (Å²) < 4.78 is 14.1. The van der Waals surface area contributed by atoms with Crippen LogP contribution in [0.2, 0.25) is 0 Å². The molecular formula is C10H11BrFNO. The third-order valence-electron chi connectivity index (χ3n) is 2.44. The molecule has 0 aliphatic carbocycles. The number of rotatable bonds is 2. The summed E-state index contributed by atoms with van der Waals surface area (Å²) in [6, 6.07) is 4.78. The van der Waals surface area contributed by atoms with Gasteiger partial charge in [-0.05, 0) is 23.8 Å². The summed E-state index contributed by atoms with van der Waals surface area (Å²) >= 11 is 3.28. The molecule has 0 saturated carbocycles. The van der Waals surface area contributed by atoms with Gasteiger partial charge in [-0.2, -0.15) is 0 Å². The van der Waals surface area contributed by atoms with Crippen LogP contribution in [0.15, 0.2) is 22.7 Å². The van der Waals surface area contributed by atoms with Crippen molar-refractivity contribution < 1.29 is 9.50 Å². The molecule has 0 spiro atoms. The fourth-order valence-electron chi connectivity index (χ4n) is 1.57. The second kappa shape index (κ2) is 3.61. The zero-order chi connectivity index (χ0) is 10.2. The molecule has 2 N–H and O–H groups in total. The molecule has 1 aliphatic rings. The molecule has 76 valence electrons. The van der Waals surface area contributed by atoms with Crippen molar-refractivity contribution >= 4 is 15.9 Å². The van der Waals surface area contributed by atoms with Crippen LogP contribution in [0.3, 0.4) is 0 Å². The lowest BCUT2D eigenvalue weighted by Crippen LogP contribution is -2.60. The third-order valence-corrected chi connectivity index (χ3v) is 2.93. The van der Waals surface area contributed by atoms with Gasteiger partial charge < -0.3 is 10.4 Å². The van der Waals surface area contributed by atoms with Gasteiger partial charge in [0.25, 0.3) is 0 Å². The number of aliphatic hydroxyl groups is 1. The van der Waals surface area contributed by atoms with Gasteiger partial charge in [0.1, 0.15) is 5.82 Å². The van der Waals surface area contributed by atoms with E-state index in [0.29, 0.717) is 25.1 Å². The van der Waals surface area contributed by atoms with Crippen LogP contribution in [0.5, 0.6) is 0 Å². The van der Waals surface area contributed by atoms with Crippen molar-refractivity contribution in [3.63, 3.8) is 0 Å². The average molecular weight is 260 g/mol. The van der Waals surface area contributed by atoms with Gasteiger partial charge in [-0.3, -0.25) is 0 Å². The van der Waals surface area contributed by atoms with Crippen LogP contribution in [0.25, 0.3) is 0 Å². The van der Waals surface area contributed by atoms with Crippen molar-refractivity contribution in [1.82, 2.24) is 5.32 Å². The van der Waals surface area contributed by atoms with Crippen molar-refractivity contribution in [2.24, 2.45) is 0 Å². The summed E-state index contributed by atoms with van der Waals surface area (Å²) in [5.74, 6) is -0.256. The first-order valence-electron chi connectivity index (χ1n) is 4.46. The Balaban J connectivity index is 2.19. The third kappa shape index (κ3) is 1.97. The molecule has 1 aromatic carbocycles. The van der Waals surface area contributed by atoms with Gasteiger partial charge in [0, 0.05) is 24.0 Å². The summed E-state index contributed by atoms with van der Waals surface area (Å²) in [6.07, 6.45) is 0.366. The first-order valence-corrected chi connectivity index (χ1v) is 5.25. The Labute approximate surface area is 90.3 Å². The molecule has 2 nitrogen and oxygen atoms in total. The maximum atomic E-state index is 13.3. The molecule has 0 atom stereocenters. The predicted octanol–water partition coefficient (Wildman–Crippen LogP) is 1.47. The molecule has 1 fully saturated rings. The van der Waals surface area contributed by atoms with E-state index in [9.17, 15) is 9.50 Å². The minimum atomic E-state index is -0.762. The van der Waals surface area contributed by atoms with Gasteiger partial charge in [0.15, 0.2) is 0 Å². The standard InChI is InChI=1S/C10H11BrFNO/c11-8-1-2-9(12)7(3-8)4-10(14)5-13-6-10/h1-3,13-14H,4-6H2. The number of hydrogen-bond donors (Lipinski definition) is 2. The van der Waals surface area contributed by atoms with Crippen LogP contribution in [0.4, 0.5) is 4.39 Å². The lowest BCUT2D eigenvalue weighted by molar-refractivity contribution is -0.00968. The fourth-order valence-corrected chi connectivity index (χ4v) is 1.98. The Morgan fingerprint density at radius 1 is 1.50 bits per heavy atom. The molecule has 0 radical (unpaired) electrons. The first kappa shape index (κ1) is 10.1. The highest BCUT2D eigenvalue weighted by atomic mass is 79.9. The average Bonchev–Trinajstić information content (AvgIpc) is 2.09. The van der Waals surface area contributed by atoms with Crippen LogP contribution >= 0.6 is 15.9 Å². The Kier molecular flexibility index (Phi) is 2.60. The lowest BCUT2D eigenvalue weighted by Gasteiger charge is -2.37. The maximum absolute atomic E-state index is 13.3. The summed E-state index contributed by atoms with van der Waals surface area (Å²) in [7, 11) is 0. The quantitative estimate of drug-likeness (QED) is 0.843. The number of halogens is 2. The van der Waals surface area contributed by atoms with E-state index in [1.165, 1.54) is 6.07 Å². The highest BCUT2D eigenvalue weighted by molar-refractivity contribution is 9.10. The van der Waals surface area contributed by atoms with E-state index in [0.717, 1.165) is 4.47 Å². The first-order chi connectivity index (χ1) is 6.59. The van der Waals surface area contributed by atoms with Gasteiger partial charge in [-0.25, -0.2) is 4.39 Å². The number of benzene rings is 1. The Bertz CT molecular complexity index is 352. The molecule has 1 aromatic rings. The van der Waals surface area contributed by atoms with E-state index >= 15 is 0 Å². The number of nitrogens with one attached hydrogen (secondary N) is 1. The summed E-state index contributed by atoms with van der Waals surface area (Å²) in [5, 5.41) is 12.8. The lowest BCUT2D eigenvalue weighted by atomic mass is 9.89. The number of β-amino-alcohol motifs (C(OH)–C–C–N with tert-alkyl or cyclic N) is 1. The molecular weight excluding hydrogens is 249 g/mol. The van der Waals surface area contributed by atoms with Gasteiger partial charge in [-0.1, -0.05) is 15.9 Å². The number of hydrogen-bond acceptors (Lipinski definition) is 2. The van der Waals surface area contributed by atoms with Crippen LogP contribution in [0, 0.1) is 5.82 Å². The van der Waals surface area contributed by atoms with Crippen molar-refractivity contribution in [3.05, 3.63) is 34.1 Å². The van der Waals surface area contributed by atoms with Crippen molar-refractivity contribution in [2.45, 2.75) is 12.0 Å². The van der Waals surface area contributed by atoms with E-state index in [4.69, 9.17) is 0 Å². The van der Waals surface area contributed by atoms with Gasteiger partial charge in [-0.15, -0.1) is 0 Å². The Hall–Kier alpha value is -0.450. The molecule has 0 aromatic heterocycles. The van der Waals surface area contributed by atoms with Crippen LogP contribution in [0.1, 0.15) is 5.56 Å². The van der Waals surface area contributed by atoms with E-state index in [1.54, 1.807) is 12.1 Å². The Morgan fingerprint density at radius 3 is 2.79 bits per heavy atom. The predicted molar refractivity (Wildman–Crippen MR) is 55.6 cm³/mol.